The Labute approximate surface area is 232 Å². The van der Waals surface area contributed by atoms with E-state index in [4.69, 9.17) is 21.1 Å². The zero-order valence-electron chi connectivity index (χ0n) is 22.4. The third-order valence-corrected chi connectivity index (χ3v) is 7.78. The van der Waals surface area contributed by atoms with E-state index in [1.165, 1.54) is 12.1 Å². The zero-order chi connectivity index (χ0) is 27.7. The highest BCUT2D eigenvalue weighted by Crippen LogP contribution is 2.34. The Morgan fingerprint density at radius 1 is 1.28 bits per heavy atom. The topological polar surface area (TPSA) is 88.8 Å². The summed E-state index contributed by atoms with van der Waals surface area (Å²) in [5.74, 6) is 0.103. The molecule has 1 amide bonds. The number of aromatic nitrogens is 2. The van der Waals surface area contributed by atoms with Crippen molar-refractivity contribution in [2.24, 2.45) is 0 Å². The minimum absolute atomic E-state index is 0.159. The second-order valence-electron chi connectivity index (χ2n) is 10.9. The molecule has 1 saturated heterocycles. The third-order valence-electron chi connectivity index (χ3n) is 7.48. The first kappa shape index (κ1) is 27.6. The van der Waals surface area contributed by atoms with Crippen molar-refractivity contribution >= 4 is 23.3 Å². The lowest BCUT2D eigenvalue weighted by Crippen LogP contribution is -2.49. The van der Waals surface area contributed by atoms with Crippen LogP contribution >= 0.6 is 11.6 Å². The first-order valence-corrected chi connectivity index (χ1v) is 13.5. The molecule has 2 aliphatic rings. The average Bonchev–Trinajstić information content (AvgIpc) is 3.31. The number of aliphatic hydroxyl groups is 1. The van der Waals surface area contributed by atoms with E-state index in [9.17, 15) is 14.3 Å². The Balaban J connectivity index is 1.43. The number of rotatable bonds is 8. The van der Waals surface area contributed by atoms with Crippen molar-refractivity contribution in [1.82, 2.24) is 14.5 Å². The standard InChI is InChI=1S/C29H34ClFN4O4/c1-29(2)11-22(6-7-39-29)33-27-10-24(25(30)12-32-27)20-9-26-28(37)35(23(17-38-3)15-34(26)13-20)14-19-8-21(31)5-4-18(19)16-36/h4-5,8-10,12-13,22-23,36H,6-7,11,14-17H2,1-3H3,(H,32,33). The Hall–Kier alpha value is -2.98. The van der Waals surface area contributed by atoms with Crippen LogP contribution in [0.5, 0.6) is 0 Å². The molecule has 0 radical (unpaired) electrons. The molecule has 2 aromatic heterocycles. The van der Waals surface area contributed by atoms with Crippen LogP contribution < -0.4 is 5.32 Å². The van der Waals surface area contributed by atoms with Crippen LogP contribution in [0.1, 0.15) is 48.3 Å². The van der Waals surface area contributed by atoms with E-state index < -0.39 is 5.82 Å². The van der Waals surface area contributed by atoms with Gasteiger partial charge in [-0.25, -0.2) is 9.37 Å². The number of aliphatic hydroxyl groups excluding tert-OH is 1. The minimum atomic E-state index is -0.415. The number of carbonyl (C=O) groups excluding carboxylic acids is 1. The van der Waals surface area contributed by atoms with Crippen molar-refractivity contribution in [1.29, 1.82) is 0 Å². The molecule has 208 valence electrons. The number of hydrogen-bond donors (Lipinski definition) is 2. The highest BCUT2D eigenvalue weighted by atomic mass is 35.5. The van der Waals surface area contributed by atoms with Gasteiger partial charge in [0.25, 0.3) is 5.91 Å². The van der Waals surface area contributed by atoms with Gasteiger partial charge in [0.1, 0.15) is 17.3 Å². The SMILES string of the molecule is COCC1Cn2cc(-c3cc(NC4CCOC(C)(C)C4)ncc3Cl)cc2C(=O)N1Cc1cc(F)ccc1CO. The number of carbonyl (C=O) groups is 1. The summed E-state index contributed by atoms with van der Waals surface area (Å²) < 4.78 is 27.2. The molecule has 0 aliphatic carbocycles. The molecule has 1 fully saturated rings. The fraction of sp³-hybridized carbons (Fsp3) is 0.448. The van der Waals surface area contributed by atoms with Crippen LogP contribution in [0.25, 0.3) is 11.1 Å². The summed E-state index contributed by atoms with van der Waals surface area (Å²) >= 11 is 6.59. The van der Waals surface area contributed by atoms with Crippen LogP contribution in [0, 0.1) is 5.82 Å². The molecule has 5 rings (SSSR count). The largest absolute Gasteiger partial charge is 0.392 e. The number of anilines is 1. The lowest BCUT2D eigenvalue weighted by atomic mass is 9.94. The number of pyridine rings is 1. The van der Waals surface area contributed by atoms with E-state index in [0.717, 1.165) is 24.0 Å². The Morgan fingerprint density at radius 3 is 2.85 bits per heavy atom. The molecule has 39 heavy (non-hydrogen) atoms. The van der Waals surface area contributed by atoms with Gasteiger partial charge in [-0.1, -0.05) is 17.7 Å². The quantitative estimate of drug-likeness (QED) is 0.411. The lowest BCUT2D eigenvalue weighted by molar-refractivity contribution is -0.0553. The Bertz CT molecular complexity index is 1360. The molecule has 1 aromatic carbocycles. The van der Waals surface area contributed by atoms with Crippen molar-refractivity contribution in [2.45, 2.75) is 64.1 Å². The van der Waals surface area contributed by atoms with Gasteiger partial charge in [0, 0.05) is 56.4 Å². The maximum absolute atomic E-state index is 14.0. The highest BCUT2D eigenvalue weighted by Gasteiger charge is 2.34. The minimum Gasteiger partial charge on any atom is -0.392 e. The number of amides is 1. The summed E-state index contributed by atoms with van der Waals surface area (Å²) in [6.07, 6.45) is 5.31. The number of benzene rings is 1. The molecule has 10 heteroatoms. The van der Waals surface area contributed by atoms with Crippen LogP contribution in [-0.4, -0.2) is 63.5 Å². The fourth-order valence-electron chi connectivity index (χ4n) is 5.54. The summed E-state index contributed by atoms with van der Waals surface area (Å²) in [5.41, 5.74) is 3.04. The van der Waals surface area contributed by atoms with Gasteiger partial charge in [-0.15, -0.1) is 0 Å². The molecule has 8 nitrogen and oxygen atoms in total. The average molecular weight is 557 g/mol. The molecule has 2 atom stereocenters. The second-order valence-corrected chi connectivity index (χ2v) is 11.3. The number of halogens is 2. The molecule has 0 spiro atoms. The third kappa shape index (κ3) is 5.96. The van der Waals surface area contributed by atoms with Crippen LogP contribution in [0.4, 0.5) is 10.2 Å². The molecule has 2 N–H and O–H groups in total. The number of fused-ring (bicyclic) bond motifs is 1. The highest BCUT2D eigenvalue weighted by molar-refractivity contribution is 6.33. The molecule has 3 aromatic rings. The first-order chi connectivity index (χ1) is 18.7. The predicted octanol–water partition coefficient (Wildman–Crippen LogP) is 4.88. The number of hydrogen-bond acceptors (Lipinski definition) is 6. The van der Waals surface area contributed by atoms with E-state index in [1.807, 2.05) is 22.9 Å². The maximum atomic E-state index is 14.0. The number of ether oxygens (including phenoxy) is 2. The van der Waals surface area contributed by atoms with Crippen molar-refractivity contribution in [2.75, 3.05) is 25.6 Å². The molecule has 0 bridgehead atoms. The van der Waals surface area contributed by atoms with Crippen molar-refractivity contribution in [3.05, 3.63) is 70.4 Å². The van der Waals surface area contributed by atoms with E-state index in [2.05, 4.69) is 24.1 Å². The summed E-state index contributed by atoms with van der Waals surface area (Å²) in [5, 5.41) is 13.8. The molecule has 0 saturated carbocycles. The van der Waals surface area contributed by atoms with Gasteiger partial charge in [0.2, 0.25) is 0 Å². The lowest BCUT2D eigenvalue weighted by Gasteiger charge is -2.36. The van der Waals surface area contributed by atoms with Crippen LogP contribution in [-0.2, 0) is 29.2 Å². The summed E-state index contributed by atoms with van der Waals surface area (Å²) in [7, 11) is 1.59. The van der Waals surface area contributed by atoms with Crippen LogP contribution in [0.3, 0.4) is 0 Å². The normalized spacial score (nSPS) is 20.7. The van der Waals surface area contributed by atoms with E-state index in [-0.39, 0.29) is 36.7 Å². The van der Waals surface area contributed by atoms with Gasteiger partial charge in [0.05, 0.1) is 29.9 Å². The Morgan fingerprint density at radius 2 is 2.10 bits per heavy atom. The van der Waals surface area contributed by atoms with Gasteiger partial charge < -0.3 is 29.4 Å². The molecule has 2 aliphatic heterocycles. The smallest absolute Gasteiger partial charge is 0.271 e. The fourth-order valence-corrected chi connectivity index (χ4v) is 5.76. The zero-order valence-corrected chi connectivity index (χ0v) is 23.2. The number of nitrogens with zero attached hydrogens (tertiary/aromatic N) is 3. The van der Waals surface area contributed by atoms with E-state index >= 15 is 0 Å². The predicted molar refractivity (Wildman–Crippen MR) is 147 cm³/mol. The molecular formula is C29H34ClFN4O4. The summed E-state index contributed by atoms with van der Waals surface area (Å²) in [6.45, 7) is 5.60. The summed E-state index contributed by atoms with van der Waals surface area (Å²) in [6, 6.07) is 7.93. The van der Waals surface area contributed by atoms with Crippen molar-refractivity contribution < 1.29 is 23.8 Å². The molecule has 4 heterocycles. The van der Waals surface area contributed by atoms with Gasteiger partial charge in [-0.3, -0.25) is 4.79 Å². The van der Waals surface area contributed by atoms with E-state index in [0.29, 0.717) is 47.4 Å². The first-order valence-electron chi connectivity index (χ1n) is 13.1. The van der Waals surface area contributed by atoms with Gasteiger partial charge in [0.15, 0.2) is 0 Å². The van der Waals surface area contributed by atoms with Gasteiger partial charge in [-0.05, 0) is 62.1 Å². The summed E-state index contributed by atoms with van der Waals surface area (Å²) in [4.78, 5) is 19.9. The monoisotopic (exact) mass is 556 g/mol. The number of nitrogens with one attached hydrogen (secondary N) is 1. The second kappa shape index (κ2) is 11.3. The van der Waals surface area contributed by atoms with E-state index in [1.54, 1.807) is 24.3 Å². The molecular weight excluding hydrogens is 523 g/mol. The maximum Gasteiger partial charge on any atom is 0.271 e. The molecule has 2 unspecified atom stereocenters. The van der Waals surface area contributed by atoms with Gasteiger partial charge in [-0.2, -0.15) is 0 Å². The van der Waals surface area contributed by atoms with Crippen molar-refractivity contribution in [3.8, 4) is 11.1 Å². The van der Waals surface area contributed by atoms with Crippen LogP contribution in [0.15, 0.2) is 42.7 Å². The van der Waals surface area contributed by atoms with Crippen molar-refractivity contribution in [3.63, 3.8) is 0 Å². The van der Waals surface area contributed by atoms with Crippen LogP contribution in [0.2, 0.25) is 5.02 Å². The Kier molecular flexibility index (Phi) is 7.96. The van der Waals surface area contributed by atoms with Gasteiger partial charge >= 0.3 is 0 Å². The number of methoxy groups -OCH3 is 1.